The van der Waals surface area contributed by atoms with Crippen LogP contribution in [0.2, 0.25) is 0 Å². The van der Waals surface area contributed by atoms with Crippen LogP contribution in [0.5, 0.6) is 0 Å². The standard InChI is InChI=1S/C12H14BrFO/c13-12-9(2-1-3-10(12)14)6-7-11(15)8-4-5-8/h1-3,8,11,15H,4-7H2. The molecule has 0 heterocycles. The van der Waals surface area contributed by atoms with E-state index in [0.29, 0.717) is 10.4 Å². The molecular formula is C12H14BrFO. The van der Waals surface area contributed by atoms with Crippen LogP contribution in [0, 0.1) is 11.7 Å². The molecule has 1 saturated carbocycles. The third-order valence-corrected chi connectivity index (χ3v) is 3.80. The Morgan fingerprint density at radius 3 is 2.87 bits per heavy atom. The van der Waals surface area contributed by atoms with Gasteiger partial charge in [-0.3, -0.25) is 0 Å². The van der Waals surface area contributed by atoms with Gasteiger partial charge in [0.25, 0.3) is 0 Å². The third kappa shape index (κ3) is 2.79. The van der Waals surface area contributed by atoms with Crippen molar-refractivity contribution < 1.29 is 9.50 Å². The highest BCUT2D eigenvalue weighted by molar-refractivity contribution is 9.10. The van der Waals surface area contributed by atoms with Gasteiger partial charge in [-0.2, -0.15) is 0 Å². The maximum Gasteiger partial charge on any atom is 0.137 e. The minimum atomic E-state index is -0.228. The molecule has 0 spiro atoms. The number of hydrogen-bond acceptors (Lipinski definition) is 1. The van der Waals surface area contributed by atoms with Crippen LogP contribution in [0.1, 0.15) is 24.8 Å². The Morgan fingerprint density at radius 1 is 1.47 bits per heavy atom. The lowest BCUT2D eigenvalue weighted by Gasteiger charge is -2.10. The molecule has 82 valence electrons. The van der Waals surface area contributed by atoms with E-state index in [2.05, 4.69) is 15.9 Å². The zero-order valence-electron chi connectivity index (χ0n) is 8.42. The van der Waals surface area contributed by atoms with E-state index >= 15 is 0 Å². The van der Waals surface area contributed by atoms with Crippen LogP contribution in [0.15, 0.2) is 22.7 Å². The molecule has 1 aromatic rings. The SMILES string of the molecule is OC(CCc1cccc(F)c1Br)C1CC1. The Morgan fingerprint density at radius 2 is 2.20 bits per heavy atom. The molecule has 1 aliphatic rings. The predicted octanol–water partition coefficient (Wildman–Crippen LogP) is 3.29. The summed E-state index contributed by atoms with van der Waals surface area (Å²) >= 11 is 3.23. The van der Waals surface area contributed by atoms with Gasteiger partial charge in [0.15, 0.2) is 0 Å². The molecule has 15 heavy (non-hydrogen) atoms. The number of aryl methyl sites for hydroxylation is 1. The van der Waals surface area contributed by atoms with Crippen LogP contribution >= 0.6 is 15.9 Å². The van der Waals surface area contributed by atoms with Gasteiger partial charge in [0.05, 0.1) is 10.6 Å². The van der Waals surface area contributed by atoms with E-state index in [1.807, 2.05) is 6.07 Å². The Bertz CT molecular complexity index is 349. The molecule has 0 aliphatic heterocycles. The smallest absolute Gasteiger partial charge is 0.137 e. The molecule has 1 nitrogen and oxygen atoms in total. The average molecular weight is 273 g/mol. The summed E-state index contributed by atoms with van der Waals surface area (Å²) in [6, 6.07) is 5.04. The van der Waals surface area contributed by atoms with Crippen molar-refractivity contribution in [3.05, 3.63) is 34.1 Å². The molecule has 1 fully saturated rings. The van der Waals surface area contributed by atoms with Gasteiger partial charge < -0.3 is 5.11 Å². The van der Waals surface area contributed by atoms with Crippen molar-refractivity contribution in [3.63, 3.8) is 0 Å². The maximum absolute atomic E-state index is 13.2. The largest absolute Gasteiger partial charge is 0.393 e. The fourth-order valence-electron chi connectivity index (χ4n) is 1.76. The predicted molar refractivity (Wildman–Crippen MR) is 61.2 cm³/mol. The van der Waals surface area contributed by atoms with E-state index in [9.17, 15) is 9.50 Å². The normalized spacial score (nSPS) is 17.8. The van der Waals surface area contributed by atoms with Crippen molar-refractivity contribution in [1.29, 1.82) is 0 Å². The highest BCUT2D eigenvalue weighted by Crippen LogP contribution is 2.34. The van der Waals surface area contributed by atoms with Gasteiger partial charge in [-0.15, -0.1) is 0 Å². The van der Waals surface area contributed by atoms with Crippen molar-refractivity contribution in [1.82, 2.24) is 0 Å². The van der Waals surface area contributed by atoms with E-state index < -0.39 is 0 Å². The molecule has 2 rings (SSSR count). The second-order valence-electron chi connectivity index (χ2n) is 4.16. The molecule has 1 unspecified atom stereocenters. The third-order valence-electron chi connectivity index (χ3n) is 2.91. The van der Waals surface area contributed by atoms with E-state index in [-0.39, 0.29) is 11.9 Å². The minimum absolute atomic E-state index is 0.208. The van der Waals surface area contributed by atoms with E-state index in [0.717, 1.165) is 31.2 Å². The van der Waals surface area contributed by atoms with E-state index in [1.165, 1.54) is 6.07 Å². The van der Waals surface area contributed by atoms with Gasteiger partial charge in [0.2, 0.25) is 0 Å². The second kappa shape index (κ2) is 4.62. The van der Waals surface area contributed by atoms with Crippen LogP contribution in [0.25, 0.3) is 0 Å². The van der Waals surface area contributed by atoms with Crippen molar-refractivity contribution in [2.24, 2.45) is 5.92 Å². The summed E-state index contributed by atoms with van der Waals surface area (Å²) in [7, 11) is 0. The molecule has 3 heteroatoms. The van der Waals surface area contributed by atoms with Crippen molar-refractivity contribution >= 4 is 15.9 Å². The molecule has 0 saturated heterocycles. The molecular weight excluding hydrogens is 259 g/mol. The highest BCUT2D eigenvalue weighted by Gasteiger charge is 2.29. The van der Waals surface area contributed by atoms with Crippen LogP contribution in [0.3, 0.4) is 0 Å². The summed E-state index contributed by atoms with van der Waals surface area (Å²) in [5.74, 6) is 0.269. The van der Waals surface area contributed by atoms with Gasteiger partial charge >= 0.3 is 0 Å². The summed E-state index contributed by atoms with van der Waals surface area (Å²) in [6.07, 6.45) is 3.54. The van der Waals surface area contributed by atoms with Crippen LogP contribution in [-0.2, 0) is 6.42 Å². The Labute approximate surface area is 97.4 Å². The Hall–Kier alpha value is -0.410. The van der Waals surface area contributed by atoms with Crippen LogP contribution in [0.4, 0.5) is 4.39 Å². The molecule has 1 atom stereocenters. The number of hydrogen-bond donors (Lipinski definition) is 1. The summed E-state index contributed by atoms with van der Waals surface area (Å²) < 4.78 is 13.7. The quantitative estimate of drug-likeness (QED) is 0.892. The summed E-state index contributed by atoms with van der Waals surface area (Å²) in [5.41, 5.74) is 0.940. The molecule has 1 N–H and O–H groups in total. The summed E-state index contributed by atoms with van der Waals surface area (Å²) in [5, 5.41) is 9.70. The number of aliphatic hydroxyl groups excluding tert-OH is 1. The summed E-state index contributed by atoms with van der Waals surface area (Å²) in [6.45, 7) is 0. The highest BCUT2D eigenvalue weighted by atomic mass is 79.9. The lowest BCUT2D eigenvalue weighted by molar-refractivity contribution is 0.142. The van der Waals surface area contributed by atoms with Crippen molar-refractivity contribution in [2.45, 2.75) is 31.8 Å². The maximum atomic E-state index is 13.2. The van der Waals surface area contributed by atoms with E-state index in [4.69, 9.17) is 0 Å². The first kappa shape index (κ1) is 11.1. The molecule has 1 aromatic carbocycles. The second-order valence-corrected chi connectivity index (χ2v) is 4.95. The first-order valence-electron chi connectivity index (χ1n) is 5.29. The molecule has 0 aromatic heterocycles. The van der Waals surface area contributed by atoms with Crippen molar-refractivity contribution in [2.75, 3.05) is 0 Å². The van der Waals surface area contributed by atoms with E-state index in [1.54, 1.807) is 6.07 Å². The zero-order chi connectivity index (χ0) is 10.8. The van der Waals surface area contributed by atoms with Crippen molar-refractivity contribution in [3.8, 4) is 0 Å². The number of benzene rings is 1. The Balaban J connectivity index is 1.95. The van der Waals surface area contributed by atoms with Gasteiger partial charge in [0, 0.05) is 0 Å². The van der Waals surface area contributed by atoms with Gasteiger partial charge in [-0.05, 0) is 59.2 Å². The Kier molecular flexibility index (Phi) is 3.42. The number of halogens is 2. The first-order valence-corrected chi connectivity index (χ1v) is 6.08. The van der Waals surface area contributed by atoms with Gasteiger partial charge in [-0.1, -0.05) is 12.1 Å². The molecule has 1 aliphatic carbocycles. The number of rotatable bonds is 4. The number of aliphatic hydroxyl groups is 1. The van der Waals surface area contributed by atoms with Crippen LogP contribution in [-0.4, -0.2) is 11.2 Å². The molecule has 0 amide bonds. The lowest BCUT2D eigenvalue weighted by Crippen LogP contribution is -2.10. The molecule has 0 bridgehead atoms. The fraction of sp³-hybridized carbons (Fsp3) is 0.500. The minimum Gasteiger partial charge on any atom is -0.393 e. The van der Waals surface area contributed by atoms with Gasteiger partial charge in [-0.25, -0.2) is 4.39 Å². The van der Waals surface area contributed by atoms with Crippen LogP contribution < -0.4 is 0 Å². The monoisotopic (exact) mass is 272 g/mol. The fourth-order valence-corrected chi connectivity index (χ4v) is 2.22. The van der Waals surface area contributed by atoms with Gasteiger partial charge in [0.1, 0.15) is 5.82 Å². The lowest BCUT2D eigenvalue weighted by atomic mass is 10.0. The molecule has 0 radical (unpaired) electrons. The topological polar surface area (TPSA) is 20.2 Å². The average Bonchev–Trinajstić information content (AvgIpc) is 3.03. The zero-order valence-corrected chi connectivity index (χ0v) is 10.0. The summed E-state index contributed by atoms with van der Waals surface area (Å²) in [4.78, 5) is 0. The first-order chi connectivity index (χ1) is 7.18.